The Hall–Kier alpha value is -2.83. The van der Waals surface area contributed by atoms with Crippen LogP contribution in [0.5, 0.6) is 11.5 Å². The fraction of sp³-hybridized carbons (Fsp3) is 0.450. The summed E-state index contributed by atoms with van der Waals surface area (Å²) in [5, 5.41) is 0. The van der Waals surface area contributed by atoms with Gasteiger partial charge in [0, 0.05) is 32.4 Å². The van der Waals surface area contributed by atoms with Gasteiger partial charge < -0.3 is 19.3 Å². The van der Waals surface area contributed by atoms with Gasteiger partial charge in [-0.2, -0.15) is 0 Å². The lowest BCUT2D eigenvalue weighted by molar-refractivity contribution is -0.145. The zero-order chi connectivity index (χ0) is 18.8. The van der Waals surface area contributed by atoms with Crippen molar-refractivity contribution in [2.75, 3.05) is 25.0 Å². The van der Waals surface area contributed by atoms with Crippen LogP contribution in [0.2, 0.25) is 0 Å². The highest BCUT2D eigenvalue weighted by molar-refractivity contribution is 5.82. The van der Waals surface area contributed by atoms with E-state index < -0.39 is 6.10 Å². The second kappa shape index (κ2) is 7.42. The Morgan fingerprint density at radius 2 is 1.85 bits per heavy atom. The Balaban J connectivity index is 1.38. The van der Waals surface area contributed by atoms with Gasteiger partial charge in [-0.3, -0.25) is 4.79 Å². The van der Waals surface area contributed by atoms with Crippen LogP contribution in [0.1, 0.15) is 19.8 Å². The van der Waals surface area contributed by atoms with Crippen LogP contribution in [0, 0.1) is 0 Å². The minimum atomic E-state index is -0.601. The summed E-state index contributed by atoms with van der Waals surface area (Å²) in [5.41, 5.74) is 0. The Labute approximate surface area is 158 Å². The third-order valence-corrected chi connectivity index (χ3v) is 5.34. The maximum absolute atomic E-state index is 13.0. The van der Waals surface area contributed by atoms with Crippen LogP contribution >= 0.6 is 0 Å². The van der Waals surface area contributed by atoms with E-state index in [4.69, 9.17) is 9.47 Å². The summed E-state index contributed by atoms with van der Waals surface area (Å²) < 4.78 is 11.8. The van der Waals surface area contributed by atoms with E-state index in [0.717, 1.165) is 18.7 Å². The first kappa shape index (κ1) is 17.6. The third kappa shape index (κ3) is 3.54. The summed E-state index contributed by atoms with van der Waals surface area (Å²) in [5.74, 6) is 2.23. The smallest absolute Gasteiger partial charge is 0.267 e. The van der Waals surface area contributed by atoms with Gasteiger partial charge in [0.2, 0.25) is 6.10 Å². The van der Waals surface area contributed by atoms with E-state index in [-0.39, 0.29) is 12.0 Å². The van der Waals surface area contributed by atoms with Crippen molar-refractivity contribution >= 4 is 11.7 Å². The maximum atomic E-state index is 13.0. The standard InChI is InChI=1S/C20H24N4O3/c1-14-19(27-17-6-4-3-5-16(17)26-14)20(25)24-11-8-15(9-12-24)23(2)18-7-10-21-13-22-18/h3-7,10,13-15,19H,8-9,11-12H2,1-2H3. The SMILES string of the molecule is CC1Oc2ccccc2OC1C(=O)N1CCC(N(C)c2ccncn2)CC1. The Bertz CT molecular complexity index is 793. The van der Waals surface area contributed by atoms with Crippen molar-refractivity contribution in [3.05, 3.63) is 42.9 Å². The fourth-order valence-corrected chi connectivity index (χ4v) is 3.72. The molecular formula is C20H24N4O3. The Kier molecular flexibility index (Phi) is 4.83. The molecule has 1 fully saturated rings. The molecule has 0 saturated carbocycles. The molecule has 0 aliphatic carbocycles. The number of piperidine rings is 1. The first-order chi connectivity index (χ1) is 13.1. The summed E-state index contributed by atoms with van der Waals surface area (Å²) >= 11 is 0. The Morgan fingerprint density at radius 3 is 2.52 bits per heavy atom. The van der Waals surface area contributed by atoms with Crippen LogP contribution in [0.4, 0.5) is 5.82 Å². The molecule has 3 heterocycles. The molecule has 2 atom stereocenters. The molecule has 0 bridgehead atoms. The quantitative estimate of drug-likeness (QED) is 0.827. The van der Waals surface area contributed by atoms with Crippen LogP contribution in [0.25, 0.3) is 0 Å². The Morgan fingerprint density at radius 1 is 1.15 bits per heavy atom. The molecule has 142 valence electrons. The summed E-state index contributed by atoms with van der Waals surface area (Å²) in [6.45, 7) is 3.29. The van der Waals surface area contributed by atoms with Crippen molar-refractivity contribution in [3.8, 4) is 11.5 Å². The third-order valence-electron chi connectivity index (χ3n) is 5.34. The highest BCUT2D eigenvalue weighted by Crippen LogP contribution is 2.34. The first-order valence-electron chi connectivity index (χ1n) is 9.33. The van der Waals surface area contributed by atoms with Crippen molar-refractivity contribution < 1.29 is 14.3 Å². The molecule has 0 spiro atoms. The summed E-state index contributed by atoms with van der Waals surface area (Å²) in [6.07, 6.45) is 4.18. The number of nitrogens with zero attached hydrogens (tertiary/aromatic N) is 4. The molecule has 1 aromatic heterocycles. The lowest BCUT2D eigenvalue weighted by Crippen LogP contribution is -2.54. The maximum Gasteiger partial charge on any atom is 0.267 e. The second-order valence-corrected chi connectivity index (χ2v) is 7.04. The number of carbonyl (C=O) groups excluding carboxylic acids is 1. The number of carbonyl (C=O) groups is 1. The highest BCUT2D eigenvalue weighted by atomic mass is 16.6. The van der Waals surface area contributed by atoms with Gasteiger partial charge in [-0.15, -0.1) is 0 Å². The van der Waals surface area contributed by atoms with Crippen molar-refractivity contribution in [1.82, 2.24) is 14.9 Å². The molecule has 2 aromatic rings. The van der Waals surface area contributed by atoms with Gasteiger partial charge in [-0.05, 0) is 38.0 Å². The summed E-state index contributed by atoms with van der Waals surface area (Å²) in [6, 6.07) is 9.74. The van der Waals surface area contributed by atoms with Gasteiger partial charge in [0.05, 0.1) is 0 Å². The molecule has 0 radical (unpaired) electrons. The number of para-hydroxylation sites is 2. The fourth-order valence-electron chi connectivity index (χ4n) is 3.72. The summed E-state index contributed by atoms with van der Waals surface area (Å²) in [7, 11) is 2.04. The molecule has 1 amide bonds. The topological polar surface area (TPSA) is 67.8 Å². The number of benzene rings is 1. The number of hydrogen-bond donors (Lipinski definition) is 0. The molecule has 2 unspecified atom stereocenters. The summed E-state index contributed by atoms with van der Waals surface area (Å²) in [4.78, 5) is 25.3. The highest BCUT2D eigenvalue weighted by Gasteiger charge is 2.38. The van der Waals surface area contributed by atoms with Crippen molar-refractivity contribution in [2.24, 2.45) is 0 Å². The molecular weight excluding hydrogens is 344 g/mol. The monoisotopic (exact) mass is 368 g/mol. The molecule has 4 rings (SSSR count). The van der Waals surface area contributed by atoms with Gasteiger partial charge in [0.1, 0.15) is 18.2 Å². The molecule has 1 saturated heterocycles. The van der Waals surface area contributed by atoms with E-state index in [2.05, 4.69) is 14.9 Å². The lowest BCUT2D eigenvalue weighted by atomic mass is 10.0. The largest absolute Gasteiger partial charge is 0.482 e. The predicted molar refractivity (Wildman–Crippen MR) is 101 cm³/mol. The molecule has 27 heavy (non-hydrogen) atoms. The van der Waals surface area contributed by atoms with E-state index in [9.17, 15) is 4.79 Å². The number of aromatic nitrogens is 2. The minimum absolute atomic E-state index is 0.000132. The average molecular weight is 368 g/mol. The number of hydrogen-bond acceptors (Lipinski definition) is 6. The number of likely N-dealkylation sites (tertiary alicyclic amines) is 1. The lowest BCUT2D eigenvalue weighted by Gasteiger charge is -2.40. The van der Waals surface area contributed by atoms with Crippen LogP contribution in [-0.2, 0) is 4.79 Å². The van der Waals surface area contributed by atoms with Crippen molar-refractivity contribution in [3.63, 3.8) is 0 Å². The molecule has 7 heteroatoms. The van der Waals surface area contributed by atoms with Gasteiger partial charge in [-0.1, -0.05) is 12.1 Å². The number of rotatable bonds is 3. The molecule has 7 nitrogen and oxygen atoms in total. The molecule has 2 aliphatic rings. The molecule has 1 aromatic carbocycles. The van der Waals surface area contributed by atoms with Crippen LogP contribution in [0.15, 0.2) is 42.9 Å². The van der Waals surface area contributed by atoms with Gasteiger partial charge in [-0.25, -0.2) is 9.97 Å². The van der Waals surface area contributed by atoms with E-state index in [1.807, 2.05) is 49.2 Å². The van der Waals surface area contributed by atoms with E-state index in [1.54, 1.807) is 12.5 Å². The zero-order valence-electron chi connectivity index (χ0n) is 15.6. The predicted octanol–water partition coefficient (Wildman–Crippen LogP) is 2.13. The van der Waals surface area contributed by atoms with E-state index >= 15 is 0 Å². The van der Waals surface area contributed by atoms with Crippen molar-refractivity contribution in [1.29, 1.82) is 0 Å². The van der Waals surface area contributed by atoms with E-state index in [0.29, 0.717) is 30.6 Å². The van der Waals surface area contributed by atoms with Crippen molar-refractivity contribution in [2.45, 2.75) is 38.0 Å². The van der Waals surface area contributed by atoms with Crippen LogP contribution < -0.4 is 14.4 Å². The van der Waals surface area contributed by atoms with Crippen LogP contribution in [0.3, 0.4) is 0 Å². The minimum Gasteiger partial charge on any atom is -0.482 e. The van der Waals surface area contributed by atoms with Crippen LogP contribution in [-0.4, -0.2) is 59.2 Å². The number of fused-ring (bicyclic) bond motifs is 1. The second-order valence-electron chi connectivity index (χ2n) is 7.04. The molecule has 0 N–H and O–H groups in total. The van der Waals surface area contributed by atoms with E-state index in [1.165, 1.54) is 0 Å². The number of anilines is 1. The first-order valence-corrected chi connectivity index (χ1v) is 9.33. The average Bonchev–Trinajstić information content (AvgIpc) is 2.73. The van der Waals surface area contributed by atoms with Gasteiger partial charge in [0.25, 0.3) is 5.91 Å². The van der Waals surface area contributed by atoms with Gasteiger partial charge >= 0.3 is 0 Å². The normalized spacial score (nSPS) is 22.4. The van der Waals surface area contributed by atoms with Gasteiger partial charge in [0.15, 0.2) is 11.5 Å². The molecule has 2 aliphatic heterocycles. The number of ether oxygens (including phenoxy) is 2. The zero-order valence-corrected chi connectivity index (χ0v) is 15.6. The number of amides is 1.